The molecular weight excluding hydrogens is 630 g/mol. The van der Waals surface area contributed by atoms with Gasteiger partial charge >= 0.3 is 0 Å². The van der Waals surface area contributed by atoms with Gasteiger partial charge in [0, 0.05) is 29.9 Å². The molecule has 2 amide bonds. The maximum Gasteiger partial charge on any atom is 0.264 e. The van der Waals surface area contributed by atoms with Crippen molar-refractivity contribution in [3.63, 3.8) is 0 Å². The molecule has 11 heteroatoms. The second kappa shape index (κ2) is 15.8. The van der Waals surface area contributed by atoms with Crippen LogP contribution in [0.25, 0.3) is 0 Å². The molecule has 236 valence electrons. The van der Waals surface area contributed by atoms with Crippen molar-refractivity contribution in [2.45, 2.75) is 35.7 Å². The topological polar surface area (TPSA) is 96.0 Å². The summed E-state index contributed by atoms with van der Waals surface area (Å²) in [5.41, 5.74) is 1.74. The van der Waals surface area contributed by atoms with Gasteiger partial charge < -0.3 is 15.0 Å². The van der Waals surface area contributed by atoms with Gasteiger partial charge in [-0.3, -0.25) is 13.9 Å². The van der Waals surface area contributed by atoms with Gasteiger partial charge in [-0.1, -0.05) is 60.1 Å². The number of hydrogen-bond donors (Lipinski definition) is 1. The molecular formula is C34H36ClN3O5S2. The standard InChI is InChI=1S/C34H36ClN3O5S2/c1-4-43-28-16-14-27(15-17-28)38(45(41,42)30-20-18-29(44-3)19-21-30)24-33(39)37(23-26-12-8-9-13-31(26)35)32(34(40)36-2)22-25-10-6-5-7-11-25/h5-21,32H,4,22-24H2,1-3H3,(H,36,40)/t32-/m0/s1. The highest BCUT2D eigenvalue weighted by Crippen LogP contribution is 2.28. The fourth-order valence-corrected chi connectivity index (χ4v) is 6.83. The average molecular weight is 666 g/mol. The highest BCUT2D eigenvalue weighted by molar-refractivity contribution is 7.98. The van der Waals surface area contributed by atoms with Crippen LogP contribution in [-0.4, -0.2) is 57.6 Å². The number of nitrogens with one attached hydrogen (secondary N) is 1. The molecule has 0 fully saturated rings. The summed E-state index contributed by atoms with van der Waals surface area (Å²) in [7, 11) is -2.71. The third-order valence-corrected chi connectivity index (χ3v) is 10.1. The molecule has 45 heavy (non-hydrogen) atoms. The molecule has 0 unspecified atom stereocenters. The van der Waals surface area contributed by atoms with E-state index in [-0.39, 0.29) is 29.5 Å². The summed E-state index contributed by atoms with van der Waals surface area (Å²) in [5.74, 6) is -0.392. The quantitative estimate of drug-likeness (QED) is 0.165. The normalized spacial score (nSPS) is 11.8. The Morgan fingerprint density at radius 2 is 1.56 bits per heavy atom. The molecule has 4 aromatic rings. The Balaban J connectivity index is 1.79. The van der Waals surface area contributed by atoms with E-state index in [2.05, 4.69) is 5.32 Å². The van der Waals surface area contributed by atoms with Crippen LogP contribution in [0.4, 0.5) is 5.69 Å². The predicted octanol–water partition coefficient (Wildman–Crippen LogP) is 6.04. The van der Waals surface area contributed by atoms with E-state index in [1.807, 2.05) is 43.5 Å². The Hall–Kier alpha value is -3.99. The second-order valence-corrected chi connectivity index (χ2v) is 13.2. The zero-order valence-corrected chi connectivity index (χ0v) is 27.7. The number of nitrogens with zero attached hydrogens (tertiary/aromatic N) is 2. The Kier molecular flexibility index (Phi) is 11.9. The number of anilines is 1. The van der Waals surface area contributed by atoms with E-state index < -0.39 is 28.5 Å². The number of benzene rings is 4. The van der Waals surface area contributed by atoms with Gasteiger partial charge in [0.15, 0.2) is 0 Å². The number of rotatable bonds is 14. The largest absolute Gasteiger partial charge is 0.494 e. The van der Waals surface area contributed by atoms with Crippen molar-refractivity contribution in [1.82, 2.24) is 10.2 Å². The number of ether oxygens (including phenoxy) is 1. The number of halogens is 1. The Morgan fingerprint density at radius 1 is 0.911 bits per heavy atom. The smallest absolute Gasteiger partial charge is 0.264 e. The fraction of sp³-hybridized carbons (Fsp3) is 0.235. The minimum atomic E-state index is -4.22. The fourth-order valence-electron chi connectivity index (χ4n) is 4.81. The minimum Gasteiger partial charge on any atom is -0.494 e. The predicted molar refractivity (Wildman–Crippen MR) is 180 cm³/mol. The van der Waals surface area contributed by atoms with Crippen LogP contribution < -0.4 is 14.4 Å². The highest BCUT2D eigenvalue weighted by atomic mass is 35.5. The first kappa shape index (κ1) is 33.9. The molecule has 0 saturated carbocycles. The van der Waals surface area contributed by atoms with E-state index in [1.54, 1.807) is 60.7 Å². The Bertz CT molecular complexity index is 1690. The SMILES string of the molecule is CCOc1ccc(N(CC(=O)N(Cc2ccccc2Cl)[C@@H](Cc2ccccc2)C(=O)NC)S(=O)(=O)c2ccc(SC)cc2)cc1. The van der Waals surface area contributed by atoms with Gasteiger partial charge in [-0.2, -0.15) is 0 Å². The van der Waals surface area contributed by atoms with Crippen molar-refractivity contribution in [2.75, 3.05) is 30.8 Å². The van der Waals surface area contributed by atoms with Crippen LogP contribution in [0.2, 0.25) is 5.02 Å². The monoisotopic (exact) mass is 665 g/mol. The molecule has 0 heterocycles. The maximum atomic E-state index is 14.4. The third kappa shape index (κ3) is 8.59. The number of carbonyl (C=O) groups excluding carboxylic acids is 2. The number of amides is 2. The summed E-state index contributed by atoms with van der Waals surface area (Å²) >= 11 is 8.00. The van der Waals surface area contributed by atoms with Crippen molar-refractivity contribution in [3.8, 4) is 5.75 Å². The summed E-state index contributed by atoms with van der Waals surface area (Å²) in [6.07, 6.45) is 2.11. The number of hydrogen-bond acceptors (Lipinski definition) is 6. The number of carbonyl (C=O) groups is 2. The van der Waals surface area contributed by atoms with Crippen LogP contribution in [0, 0.1) is 0 Å². The van der Waals surface area contributed by atoms with Gasteiger partial charge in [-0.05, 0) is 78.9 Å². The van der Waals surface area contributed by atoms with Gasteiger partial charge in [-0.15, -0.1) is 11.8 Å². The minimum absolute atomic E-state index is 0.0109. The molecule has 0 aliphatic rings. The van der Waals surface area contributed by atoms with Crippen LogP contribution >= 0.6 is 23.4 Å². The molecule has 4 rings (SSSR count). The molecule has 4 aromatic carbocycles. The van der Waals surface area contributed by atoms with E-state index in [0.717, 1.165) is 14.8 Å². The van der Waals surface area contributed by atoms with Gasteiger partial charge in [-0.25, -0.2) is 8.42 Å². The number of likely N-dealkylation sites (N-methyl/N-ethyl adjacent to an activating group) is 1. The van der Waals surface area contributed by atoms with Crippen LogP contribution in [0.5, 0.6) is 5.75 Å². The van der Waals surface area contributed by atoms with Gasteiger partial charge in [0.25, 0.3) is 10.0 Å². The third-order valence-electron chi connectivity index (χ3n) is 7.18. The molecule has 0 aliphatic heterocycles. The lowest BCUT2D eigenvalue weighted by molar-refractivity contribution is -0.139. The lowest BCUT2D eigenvalue weighted by Crippen LogP contribution is -2.53. The zero-order valence-electron chi connectivity index (χ0n) is 25.4. The van der Waals surface area contributed by atoms with E-state index in [0.29, 0.717) is 22.9 Å². The van der Waals surface area contributed by atoms with Crippen LogP contribution in [-0.2, 0) is 32.6 Å². The molecule has 1 N–H and O–H groups in total. The summed E-state index contributed by atoms with van der Waals surface area (Å²) in [5, 5.41) is 3.10. The van der Waals surface area contributed by atoms with Crippen LogP contribution in [0.3, 0.4) is 0 Å². The lowest BCUT2D eigenvalue weighted by Gasteiger charge is -2.33. The maximum absolute atomic E-state index is 14.4. The summed E-state index contributed by atoms with van der Waals surface area (Å²) in [6, 6.07) is 28.5. The summed E-state index contributed by atoms with van der Waals surface area (Å²) < 4.78 is 35.0. The molecule has 0 aliphatic carbocycles. The summed E-state index contributed by atoms with van der Waals surface area (Å²) in [6.45, 7) is 1.73. The number of thioether (sulfide) groups is 1. The van der Waals surface area contributed by atoms with E-state index >= 15 is 0 Å². The average Bonchev–Trinajstić information content (AvgIpc) is 3.06. The highest BCUT2D eigenvalue weighted by Gasteiger charge is 2.34. The molecule has 0 radical (unpaired) electrons. The van der Waals surface area contributed by atoms with Crippen molar-refractivity contribution < 1.29 is 22.7 Å². The molecule has 0 bridgehead atoms. The molecule has 0 saturated heterocycles. The van der Waals surface area contributed by atoms with E-state index in [1.165, 1.54) is 35.8 Å². The van der Waals surface area contributed by atoms with Crippen molar-refractivity contribution in [1.29, 1.82) is 0 Å². The van der Waals surface area contributed by atoms with Gasteiger partial charge in [0.05, 0.1) is 17.2 Å². The van der Waals surface area contributed by atoms with E-state index in [4.69, 9.17) is 16.3 Å². The van der Waals surface area contributed by atoms with Crippen LogP contribution in [0.1, 0.15) is 18.1 Å². The first-order valence-corrected chi connectivity index (χ1v) is 17.4. The Labute approximate surface area is 274 Å². The van der Waals surface area contributed by atoms with Crippen molar-refractivity contribution in [3.05, 3.63) is 119 Å². The van der Waals surface area contributed by atoms with Crippen LogP contribution in [0.15, 0.2) is 113 Å². The first-order chi connectivity index (χ1) is 21.7. The first-order valence-electron chi connectivity index (χ1n) is 14.4. The Morgan fingerprint density at radius 3 is 2.16 bits per heavy atom. The lowest BCUT2D eigenvalue weighted by atomic mass is 10.0. The van der Waals surface area contributed by atoms with Crippen molar-refractivity contribution in [2.24, 2.45) is 0 Å². The van der Waals surface area contributed by atoms with E-state index in [9.17, 15) is 18.0 Å². The number of sulfonamides is 1. The second-order valence-electron chi connectivity index (χ2n) is 10.0. The zero-order chi connectivity index (χ0) is 32.4. The van der Waals surface area contributed by atoms with Gasteiger partial charge in [0.1, 0.15) is 18.3 Å². The molecule has 8 nitrogen and oxygen atoms in total. The summed E-state index contributed by atoms with van der Waals surface area (Å²) in [4.78, 5) is 30.1. The van der Waals surface area contributed by atoms with Gasteiger partial charge in [0.2, 0.25) is 11.8 Å². The van der Waals surface area contributed by atoms with Crippen molar-refractivity contribution >= 4 is 50.9 Å². The molecule has 1 atom stereocenters. The molecule has 0 spiro atoms. The molecule has 0 aromatic heterocycles.